The van der Waals surface area contributed by atoms with Crippen molar-refractivity contribution in [3.05, 3.63) is 51.2 Å². The fourth-order valence-electron chi connectivity index (χ4n) is 3.14. The van der Waals surface area contributed by atoms with Crippen LogP contribution in [0.5, 0.6) is 11.5 Å². The van der Waals surface area contributed by atoms with Crippen LogP contribution in [0.15, 0.2) is 39.9 Å². The summed E-state index contributed by atoms with van der Waals surface area (Å²) in [5.74, 6) is 0.0979. The highest BCUT2D eigenvalue weighted by Crippen LogP contribution is 2.51. The Morgan fingerprint density at radius 1 is 1.23 bits per heavy atom. The monoisotopic (exact) mass is 447 g/mol. The molecule has 0 bridgehead atoms. The highest BCUT2D eigenvalue weighted by atomic mass is 79.9. The molecule has 26 heavy (non-hydrogen) atoms. The van der Waals surface area contributed by atoms with Crippen LogP contribution >= 0.6 is 27.5 Å². The predicted octanol–water partition coefficient (Wildman–Crippen LogP) is 4.17. The minimum atomic E-state index is -4.65. The van der Waals surface area contributed by atoms with Crippen LogP contribution in [0.1, 0.15) is 11.1 Å². The third kappa shape index (κ3) is 2.65. The maximum Gasteiger partial charge on any atom is 0.421 e. The van der Waals surface area contributed by atoms with Crippen molar-refractivity contribution in [2.45, 2.75) is 17.8 Å². The molecule has 0 fully saturated rings. The van der Waals surface area contributed by atoms with E-state index in [1.165, 1.54) is 12.3 Å². The molecule has 2 aliphatic rings. The van der Waals surface area contributed by atoms with E-state index in [9.17, 15) is 13.2 Å². The van der Waals surface area contributed by atoms with Crippen LogP contribution in [-0.2, 0) is 10.3 Å². The van der Waals surface area contributed by atoms with E-state index in [0.29, 0.717) is 27.1 Å². The summed E-state index contributed by atoms with van der Waals surface area (Å²) >= 11 is 9.36. The van der Waals surface area contributed by atoms with Gasteiger partial charge in [-0.15, -0.1) is 0 Å². The van der Waals surface area contributed by atoms with Crippen molar-refractivity contribution in [1.82, 2.24) is 4.98 Å². The highest BCUT2D eigenvalue weighted by molar-refractivity contribution is 9.10. The van der Waals surface area contributed by atoms with E-state index in [2.05, 4.69) is 25.9 Å². The molecule has 2 atom stereocenters. The first kappa shape index (κ1) is 17.6. The van der Waals surface area contributed by atoms with Crippen molar-refractivity contribution < 1.29 is 22.6 Å². The first-order chi connectivity index (χ1) is 12.2. The Morgan fingerprint density at radius 3 is 2.65 bits per heavy atom. The third-order valence-electron chi connectivity index (χ3n) is 4.23. The molecule has 0 radical (unpaired) electrons. The summed E-state index contributed by atoms with van der Waals surface area (Å²) in [6.07, 6.45) is -5.52. The smallest absolute Gasteiger partial charge is 0.421 e. The molecule has 2 N–H and O–H groups in total. The number of fused-ring (bicyclic) bond motifs is 4. The normalized spacial score (nSPS) is 24.5. The molecular formula is C16H10BrClF3N3O2. The molecule has 1 spiro atoms. The molecule has 0 unspecified atom stereocenters. The predicted molar refractivity (Wildman–Crippen MR) is 91.7 cm³/mol. The maximum absolute atomic E-state index is 13.1. The molecule has 10 heteroatoms. The van der Waals surface area contributed by atoms with E-state index in [4.69, 9.17) is 26.8 Å². The van der Waals surface area contributed by atoms with Gasteiger partial charge in [-0.2, -0.15) is 13.2 Å². The Labute approximate surface area is 159 Å². The van der Waals surface area contributed by atoms with E-state index < -0.39 is 23.7 Å². The SMILES string of the molecule is NC1=N[C@]2(CO[C@@H]1C(F)(F)F)c1cc(Br)ccc1Oc1cnc(Cl)cc12. The lowest BCUT2D eigenvalue weighted by Crippen LogP contribution is -2.52. The number of rotatable bonds is 0. The minimum absolute atomic E-state index is 0.150. The number of aliphatic imine (C=N–C) groups is 1. The quantitative estimate of drug-likeness (QED) is 0.614. The Balaban J connectivity index is 1.98. The Kier molecular flexibility index (Phi) is 3.94. The number of benzene rings is 1. The first-order valence-corrected chi connectivity index (χ1v) is 8.55. The van der Waals surface area contributed by atoms with Gasteiger partial charge in [-0.1, -0.05) is 27.5 Å². The maximum atomic E-state index is 13.1. The van der Waals surface area contributed by atoms with E-state index in [0.717, 1.165) is 0 Å². The van der Waals surface area contributed by atoms with Gasteiger partial charge >= 0.3 is 6.18 Å². The van der Waals surface area contributed by atoms with Gasteiger partial charge in [-0.25, -0.2) is 4.98 Å². The molecule has 0 aliphatic carbocycles. The summed E-state index contributed by atoms with van der Waals surface area (Å²) in [5, 5.41) is 0.150. The molecule has 1 aromatic carbocycles. The number of pyridine rings is 1. The molecule has 2 aromatic rings. The number of nitrogens with two attached hydrogens (primary N) is 1. The van der Waals surface area contributed by atoms with Crippen molar-refractivity contribution in [1.29, 1.82) is 0 Å². The third-order valence-corrected chi connectivity index (χ3v) is 4.93. The van der Waals surface area contributed by atoms with Gasteiger partial charge in [0.2, 0.25) is 6.10 Å². The first-order valence-electron chi connectivity index (χ1n) is 7.38. The lowest BCUT2D eigenvalue weighted by atomic mass is 9.81. The molecule has 0 amide bonds. The molecule has 0 saturated heterocycles. The lowest BCUT2D eigenvalue weighted by molar-refractivity contribution is -0.203. The molecule has 0 saturated carbocycles. The average molecular weight is 449 g/mol. The second kappa shape index (κ2) is 5.83. The second-order valence-corrected chi connectivity index (χ2v) is 7.18. The number of hydrogen-bond acceptors (Lipinski definition) is 5. The van der Waals surface area contributed by atoms with Gasteiger partial charge in [0.15, 0.2) is 5.75 Å². The van der Waals surface area contributed by atoms with Crippen LogP contribution in [-0.4, -0.2) is 29.7 Å². The number of alkyl halides is 3. The highest BCUT2D eigenvalue weighted by Gasteiger charge is 2.52. The van der Waals surface area contributed by atoms with Gasteiger partial charge in [0.05, 0.1) is 12.8 Å². The summed E-state index contributed by atoms with van der Waals surface area (Å²) in [6, 6.07) is 6.63. The number of halogens is 5. The van der Waals surface area contributed by atoms with Crippen LogP contribution in [0.4, 0.5) is 13.2 Å². The van der Waals surface area contributed by atoms with Gasteiger partial charge in [0.25, 0.3) is 0 Å². The van der Waals surface area contributed by atoms with E-state index in [1.807, 2.05) is 0 Å². The van der Waals surface area contributed by atoms with Crippen LogP contribution in [0.2, 0.25) is 5.15 Å². The second-order valence-electron chi connectivity index (χ2n) is 5.88. The van der Waals surface area contributed by atoms with Gasteiger partial charge < -0.3 is 15.2 Å². The fourth-order valence-corrected chi connectivity index (χ4v) is 3.66. The zero-order valence-electron chi connectivity index (χ0n) is 12.8. The van der Waals surface area contributed by atoms with Gasteiger partial charge in [-0.3, -0.25) is 4.99 Å². The van der Waals surface area contributed by atoms with Gasteiger partial charge in [-0.05, 0) is 24.3 Å². The lowest BCUT2D eigenvalue weighted by Gasteiger charge is -2.41. The Hall–Kier alpha value is -1.84. The van der Waals surface area contributed by atoms with Crippen molar-refractivity contribution in [3.63, 3.8) is 0 Å². The van der Waals surface area contributed by atoms with Crippen LogP contribution in [0, 0.1) is 0 Å². The largest absolute Gasteiger partial charge is 0.455 e. The fraction of sp³-hybridized carbons (Fsp3) is 0.250. The molecule has 2 aliphatic heterocycles. The molecule has 5 nitrogen and oxygen atoms in total. The van der Waals surface area contributed by atoms with Crippen molar-refractivity contribution >= 4 is 33.4 Å². The molecule has 3 heterocycles. The molecule has 136 valence electrons. The topological polar surface area (TPSA) is 69.7 Å². The Bertz CT molecular complexity index is 884. The van der Waals surface area contributed by atoms with Crippen molar-refractivity contribution in [2.75, 3.05) is 6.61 Å². The van der Waals surface area contributed by atoms with Gasteiger partial charge in [0, 0.05) is 15.6 Å². The van der Waals surface area contributed by atoms with E-state index >= 15 is 0 Å². The Morgan fingerprint density at radius 2 is 1.96 bits per heavy atom. The van der Waals surface area contributed by atoms with Crippen LogP contribution < -0.4 is 10.5 Å². The molecule has 1 aromatic heterocycles. The molecular weight excluding hydrogens is 439 g/mol. The standard InChI is InChI=1S/C16H10BrClF3N3O2/c17-7-1-2-10-8(3-7)15(9-4-12(18)23-5-11(9)26-10)6-25-13(14(22)24-15)16(19,20)21/h1-5,13H,6H2,(H2,22,24)/t13-,15+/m0/s1. The van der Waals surface area contributed by atoms with E-state index in [1.54, 1.807) is 18.2 Å². The number of hydrogen-bond donors (Lipinski definition) is 1. The van der Waals surface area contributed by atoms with Crippen molar-refractivity contribution in [2.24, 2.45) is 10.7 Å². The van der Waals surface area contributed by atoms with Gasteiger partial charge in [0.1, 0.15) is 22.3 Å². The summed E-state index contributed by atoms with van der Waals surface area (Å²) in [7, 11) is 0. The van der Waals surface area contributed by atoms with E-state index in [-0.39, 0.29) is 11.8 Å². The number of nitrogens with zero attached hydrogens (tertiary/aromatic N) is 2. The average Bonchev–Trinajstić information content (AvgIpc) is 2.56. The van der Waals surface area contributed by atoms with Crippen LogP contribution in [0.3, 0.4) is 0 Å². The summed E-state index contributed by atoms with van der Waals surface area (Å²) < 4.78 is 51.0. The number of ether oxygens (including phenoxy) is 2. The summed E-state index contributed by atoms with van der Waals surface area (Å²) in [5.41, 5.74) is 5.31. The summed E-state index contributed by atoms with van der Waals surface area (Å²) in [6.45, 7) is -0.377. The minimum Gasteiger partial charge on any atom is -0.455 e. The zero-order chi connectivity index (χ0) is 18.7. The number of aromatic nitrogens is 1. The summed E-state index contributed by atoms with van der Waals surface area (Å²) in [4.78, 5) is 8.21. The van der Waals surface area contributed by atoms with Crippen molar-refractivity contribution in [3.8, 4) is 11.5 Å². The number of amidine groups is 1. The zero-order valence-corrected chi connectivity index (χ0v) is 15.2. The van der Waals surface area contributed by atoms with Crippen LogP contribution in [0.25, 0.3) is 0 Å². The molecule has 4 rings (SSSR count).